The fraction of sp³-hybridized carbons (Fsp3) is 0.409. The van der Waals surface area contributed by atoms with Gasteiger partial charge in [-0.2, -0.15) is 5.10 Å². The van der Waals surface area contributed by atoms with Crippen molar-refractivity contribution in [2.24, 2.45) is 7.05 Å². The van der Waals surface area contributed by atoms with Crippen molar-refractivity contribution in [2.45, 2.75) is 39.2 Å². The maximum atomic E-state index is 14.1. The second kappa shape index (κ2) is 7.46. The van der Waals surface area contributed by atoms with Gasteiger partial charge in [-0.25, -0.2) is 9.37 Å². The van der Waals surface area contributed by atoms with Gasteiger partial charge in [0.2, 0.25) is 0 Å². The lowest BCUT2D eigenvalue weighted by Crippen LogP contribution is -2.30. The molecule has 1 fully saturated rings. The van der Waals surface area contributed by atoms with E-state index in [1.54, 1.807) is 21.7 Å². The second-order valence-electron chi connectivity index (χ2n) is 7.56. The number of pyridine rings is 1. The lowest BCUT2D eigenvalue weighted by Gasteiger charge is -2.22. The van der Waals surface area contributed by atoms with E-state index in [1.807, 2.05) is 27.0 Å². The first-order chi connectivity index (χ1) is 13.9. The Balaban J connectivity index is 1.72. The first-order valence-electron chi connectivity index (χ1n) is 9.88. The van der Waals surface area contributed by atoms with E-state index >= 15 is 0 Å². The van der Waals surface area contributed by atoms with Crippen LogP contribution in [0.15, 0.2) is 24.3 Å². The first-order valence-corrected chi connectivity index (χ1v) is 9.88. The second-order valence-corrected chi connectivity index (χ2v) is 7.56. The number of hydrogen-bond donors (Lipinski definition) is 0. The molecule has 4 rings (SSSR count). The molecule has 0 radical (unpaired) electrons. The summed E-state index contributed by atoms with van der Waals surface area (Å²) in [4.78, 5) is 20.0. The van der Waals surface area contributed by atoms with E-state index in [9.17, 15) is 9.18 Å². The van der Waals surface area contributed by atoms with Crippen LogP contribution in [0.4, 0.5) is 4.39 Å². The number of aryl methyl sites for hydroxylation is 2. The molecule has 1 amide bonds. The summed E-state index contributed by atoms with van der Waals surface area (Å²) in [6, 6.07) is 6.71. The number of nitrogens with zero attached hydrogens (tertiary/aromatic N) is 4. The number of benzene rings is 1. The van der Waals surface area contributed by atoms with Gasteiger partial charge < -0.3 is 9.64 Å². The van der Waals surface area contributed by atoms with Crippen molar-refractivity contribution in [1.29, 1.82) is 0 Å². The number of hydrogen-bond acceptors (Lipinski definition) is 4. The number of ether oxygens (including phenoxy) is 1. The molecule has 0 atom stereocenters. The number of rotatable bonds is 6. The van der Waals surface area contributed by atoms with Gasteiger partial charge in [0.25, 0.3) is 5.91 Å². The minimum Gasteiger partial charge on any atom is -0.494 e. The van der Waals surface area contributed by atoms with Crippen LogP contribution in [-0.2, 0) is 13.6 Å². The Bertz CT molecular complexity index is 1090. The summed E-state index contributed by atoms with van der Waals surface area (Å²) < 4.78 is 20.8. The van der Waals surface area contributed by atoms with E-state index < -0.39 is 5.82 Å². The molecular formula is C22H25FN4O2. The summed E-state index contributed by atoms with van der Waals surface area (Å²) in [6.07, 6.45) is 2.21. The molecule has 1 saturated carbocycles. The zero-order chi connectivity index (χ0) is 20.7. The molecule has 6 nitrogen and oxygen atoms in total. The molecule has 0 aliphatic heterocycles. The largest absolute Gasteiger partial charge is 0.494 e. The maximum absolute atomic E-state index is 14.1. The summed E-state index contributed by atoms with van der Waals surface area (Å²) in [5.41, 5.74) is 3.82. The third-order valence-corrected chi connectivity index (χ3v) is 5.47. The fourth-order valence-corrected chi connectivity index (χ4v) is 3.75. The Morgan fingerprint density at radius 2 is 2.10 bits per heavy atom. The topological polar surface area (TPSA) is 60.2 Å². The summed E-state index contributed by atoms with van der Waals surface area (Å²) in [7, 11) is 3.29. The zero-order valence-corrected chi connectivity index (χ0v) is 17.2. The SMILES string of the molecule is CCN(Cc1ccc(OC)c(F)c1)C(=O)c1cc(C2CC2)nc2c1c(C)nn2C. The van der Waals surface area contributed by atoms with Crippen molar-refractivity contribution in [3.8, 4) is 5.75 Å². The average Bonchev–Trinajstić information content (AvgIpc) is 3.51. The highest BCUT2D eigenvalue weighted by Crippen LogP contribution is 2.40. The van der Waals surface area contributed by atoms with Crippen LogP contribution >= 0.6 is 0 Å². The van der Waals surface area contributed by atoms with Crippen LogP contribution < -0.4 is 4.74 Å². The van der Waals surface area contributed by atoms with Gasteiger partial charge in [0, 0.05) is 31.7 Å². The summed E-state index contributed by atoms with van der Waals surface area (Å²) in [5.74, 6) is 0.0963. The molecule has 1 aromatic carbocycles. The van der Waals surface area contributed by atoms with E-state index in [0.29, 0.717) is 30.1 Å². The van der Waals surface area contributed by atoms with E-state index in [0.717, 1.165) is 35.3 Å². The van der Waals surface area contributed by atoms with Crippen molar-refractivity contribution in [3.05, 3.63) is 52.6 Å². The Kier molecular flexibility index (Phi) is 4.98. The minimum absolute atomic E-state index is 0.0888. The predicted molar refractivity (Wildman–Crippen MR) is 109 cm³/mol. The smallest absolute Gasteiger partial charge is 0.255 e. The number of fused-ring (bicyclic) bond motifs is 1. The molecule has 29 heavy (non-hydrogen) atoms. The lowest BCUT2D eigenvalue weighted by atomic mass is 10.1. The molecule has 0 unspecified atom stereocenters. The summed E-state index contributed by atoms with van der Waals surface area (Å²) in [6.45, 7) is 4.65. The van der Waals surface area contributed by atoms with Crippen molar-refractivity contribution in [2.75, 3.05) is 13.7 Å². The van der Waals surface area contributed by atoms with E-state index in [-0.39, 0.29) is 11.7 Å². The van der Waals surface area contributed by atoms with Crippen molar-refractivity contribution in [1.82, 2.24) is 19.7 Å². The van der Waals surface area contributed by atoms with Crippen LogP contribution in [0.25, 0.3) is 11.0 Å². The molecule has 2 aromatic heterocycles. The van der Waals surface area contributed by atoms with Crippen LogP contribution in [0.3, 0.4) is 0 Å². The number of aromatic nitrogens is 3. The van der Waals surface area contributed by atoms with Crippen LogP contribution in [0, 0.1) is 12.7 Å². The van der Waals surface area contributed by atoms with Crippen LogP contribution in [0.5, 0.6) is 5.75 Å². The van der Waals surface area contributed by atoms with Gasteiger partial charge in [0.1, 0.15) is 0 Å². The normalized spacial score (nSPS) is 13.7. The first kappa shape index (κ1) is 19.4. The van der Waals surface area contributed by atoms with Crippen LogP contribution in [-0.4, -0.2) is 39.2 Å². The zero-order valence-electron chi connectivity index (χ0n) is 17.2. The molecule has 0 N–H and O–H groups in total. The predicted octanol–water partition coefficient (Wildman–Crippen LogP) is 3.96. The third kappa shape index (κ3) is 3.57. The molecule has 0 spiro atoms. The lowest BCUT2D eigenvalue weighted by molar-refractivity contribution is 0.0754. The summed E-state index contributed by atoms with van der Waals surface area (Å²) >= 11 is 0. The van der Waals surface area contributed by atoms with Crippen molar-refractivity contribution >= 4 is 16.9 Å². The minimum atomic E-state index is -0.432. The van der Waals surface area contributed by atoms with Crippen molar-refractivity contribution in [3.63, 3.8) is 0 Å². The average molecular weight is 396 g/mol. The molecule has 0 bridgehead atoms. The highest BCUT2D eigenvalue weighted by atomic mass is 19.1. The molecule has 2 heterocycles. The van der Waals surface area contributed by atoms with Crippen LogP contribution in [0.1, 0.15) is 53.0 Å². The van der Waals surface area contributed by atoms with E-state index in [2.05, 4.69) is 5.10 Å². The fourth-order valence-electron chi connectivity index (χ4n) is 3.75. The van der Waals surface area contributed by atoms with E-state index in [4.69, 9.17) is 9.72 Å². The molecule has 1 aliphatic carbocycles. The maximum Gasteiger partial charge on any atom is 0.255 e. The number of methoxy groups -OCH3 is 1. The van der Waals surface area contributed by atoms with Gasteiger partial charge in [0.05, 0.1) is 23.8 Å². The monoisotopic (exact) mass is 396 g/mol. The third-order valence-electron chi connectivity index (χ3n) is 5.47. The van der Waals surface area contributed by atoms with Crippen molar-refractivity contribution < 1.29 is 13.9 Å². The van der Waals surface area contributed by atoms with Gasteiger partial charge in [0.15, 0.2) is 17.2 Å². The van der Waals surface area contributed by atoms with Gasteiger partial charge in [-0.3, -0.25) is 9.48 Å². The van der Waals surface area contributed by atoms with Gasteiger partial charge in [-0.1, -0.05) is 6.07 Å². The molecular weight excluding hydrogens is 371 g/mol. The highest BCUT2D eigenvalue weighted by Gasteiger charge is 2.29. The standard InChI is InChI=1S/C22H25FN4O2/c1-5-27(12-14-6-9-19(29-4)17(23)10-14)22(28)16-11-18(15-7-8-15)24-21-20(16)13(2)25-26(21)3/h6,9-11,15H,5,7-8,12H2,1-4H3. The molecule has 0 saturated heterocycles. The number of halogens is 1. The molecule has 3 aromatic rings. The Hall–Kier alpha value is -2.96. The quantitative estimate of drug-likeness (QED) is 0.633. The Labute approximate surface area is 169 Å². The highest BCUT2D eigenvalue weighted by molar-refractivity contribution is 6.06. The summed E-state index contributed by atoms with van der Waals surface area (Å²) in [5, 5.41) is 5.27. The molecule has 7 heteroatoms. The van der Waals surface area contributed by atoms with Gasteiger partial charge >= 0.3 is 0 Å². The Morgan fingerprint density at radius 3 is 2.72 bits per heavy atom. The number of carbonyl (C=O) groups is 1. The molecule has 1 aliphatic rings. The van der Waals surface area contributed by atoms with Gasteiger partial charge in [-0.05, 0) is 50.5 Å². The van der Waals surface area contributed by atoms with E-state index in [1.165, 1.54) is 13.2 Å². The van der Waals surface area contributed by atoms with Gasteiger partial charge in [-0.15, -0.1) is 0 Å². The number of carbonyl (C=O) groups excluding carboxylic acids is 1. The Morgan fingerprint density at radius 1 is 1.34 bits per heavy atom. The number of amides is 1. The molecule has 152 valence electrons. The van der Waals surface area contributed by atoms with Crippen LogP contribution in [0.2, 0.25) is 0 Å².